The molecule has 0 atom stereocenters. The normalized spacial score (nSPS) is 9.95. The Morgan fingerprint density at radius 3 is 2.68 bits per heavy atom. The highest BCUT2D eigenvalue weighted by atomic mass is 16.4. The number of carboxylic acid groups (broad SMARTS) is 1. The number of aliphatic carboxylic acids is 1. The summed E-state index contributed by atoms with van der Waals surface area (Å²) in [5, 5.41) is 13.9. The predicted octanol–water partition coefficient (Wildman–Crippen LogP) is 2.05. The zero-order valence-corrected chi connectivity index (χ0v) is 11.1. The van der Waals surface area contributed by atoms with E-state index in [1.807, 2.05) is 31.2 Å². The van der Waals surface area contributed by atoms with Gasteiger partial charge in [0.05, 0.1) is 0 Å². The van der Waals surface area contributed by atoms with E-state index in [0.29, 0.717) is 25.9 Å². The standard InChI is InChI=1S/C14H20N2O3/c1-11-5-4-6-12(9-11)10-16-14(19)15-8-3-2-7-13(17)18/h4-6,9H,2-3,7-8,10H2,1H3,(H,17,18)(H2,15,16,19). The fourth-order valence-corrected chi connectivity index (χ4v) is 1.67. The first-order valence-corrected chi connectivity index (χ1v) is 6.37. The van der Waals surface area contributed by atoms with Gasteiger partial charge in [0.15, 0.2) is 0 Å². The molecule has 0 aliphatic rings. The SMILES string of the molecule is Cc1cccc(CNC(=O)NCCCCC(=O)O)c1. The lowest BCUT2D eigenvalue weighted by atomic mass is 10.1. The molecular formula is C14H20N2O3. The van der Waals surface area contributed by atoms with Crippen LogP contribution in [0.25, 0.3) is 0 Å². The second-order valence-corrected chi connectivity index (χ2v) is 4.45. The number of urea groups is 1. The number of benzene rings is 1. The fourth-order valence-electron chi connectivity index (χ4n) is 1.67. The van der Waals surface area contributed by atoms with E-state index in [0.717, 1.165) is 11.1 Å². The van der Waals surface area contributed by atoms with Crippen LogP contribution in [0.1, 0.15) is 30.4 Å². The van der Waals surface area contributed by atoms with E-state index >= 15 is 0 Å². The molecule has 0 aliphatic heterocycles. The Balaban J connectivity index is 2.13. The van der Waals surface area contributed by atoms with Gasteiger partial charge in [-0.1, -0.05) is 29.8 Å². The Labute approximate surface area is 113 Å². The molecule has 3 N–H and O–H groups in total. The molecule has 2 amide bonds. The predicted molar refractivity (Wildman–Crippen MR) is 72.9 cm³/mol. The molecule has 104 valence electrons. The monoisotopic (exact) mass is 264 g/mol. The Morgan fingerprint density at radius 2 is 2.00 bits per heavy atom. The summed E-state index contributed by atoms with van der Waals surface area (Å²) in [5.41, 5.74) is 2.22. The van der Waals surface area contributed by atoms with Crippen LogP contribution in [0, 0.1) is 6.92 Å². The number of unbranched alkanes of at least 4 members (excludes halogenated alkanes) is 1. The third-order valence-electron chi connectivity index (χ3n) is 2.64. The zero-order valence-electron chi connectivity index (χ0n) is 11.1. The van der Waals surface area contributed by atoms with Crippen molar-refractivity contribution in [2.45, 2.75) is 32.7 Å². The topological polar surface area (TPSA) is 78.4 Å². The van der Waals surface area contributed by atoms with Gasteiger partial charge < -0.3 is 15.7 Å². The zero-order chi connectivity index (χ0) is 14.1. The van der Waals surface area contributed by atoms with Gasteiger partial charge in [0, 0.05) is 19.5 Å². The molecule has 1 aromatic carbocycles. The molecule has 0 saturated heterocycles. The Kier molecular flexibility index (Phi) is 6.43. The van der Waals surface area contributed by atoms with Crippen molar-refractivity contribution in [1.29, 1.82) is 0 Å². The molecule has 0 aliphatic carbocycles. The van der Waals surface area contributed by atoms with Crippen LogP contribution in [0.3, 0.4) is 0 Å². The molecule has 0 spiro atoms. The number of carbonyl (C=O) groups is 2. The fraction of sp³-hybridized carbons (Fsp3) is 0.429. The number of rotatable bonds is 7. The Hall–Kier alpha value is -2.04. The number of carboxylic acids is 1. The molecule has 0 fully saturated rings. The van der Waals surface area contributed by atoms with E-state index in [1.54, 1.807) is 0 Å². The average Bonchev–Trinajstić information content (AvgIpc) is 2.35. The van der Waals surface area contributed by atoms with Crippen molar-refractivity contribution in [1.82, 2.24) is 10.6 Å². The molecule has 0 saturated carbocycles. The summed E-state index contributed by atoms with van der Waals surface area (Å²) in [7, 11) is 0. The molecule has 19 heavy (non-hydrogen) atoms. The number of hydrogen-bond acceptors (Lipinski definition) is 2. The Bertz CT molecular complexity index is 432. The summed E-state index contributed by atoms with van der Waals surface area (Å²) in [6.07, 6.45) is 1.39. The van der Waals surface area contributed by atoms with Crippen molar-refractivity contribution in [3.05, 3.63) is 35.4 Å². The van der Waals surface area contributed by atoms with Crippen LogP contribution < -0.4 is 10.6 Å². The van der Waals surface area contributed by atoms with Gasteiger partial charge in [-0.25, -0.2) is 4.79 Å². The number of aryl methyl sites for hydroxylation is 1. The van der Waals surface area contributed by atoms with Gasteiger partial charge in [-0.2, -0.15) is 0 Å². The van der Waals surface area contributed by atoms with Gasteiger partial charge in [0.2, 0.25) is 0 Å². The molecule has 1 aromatic rings. The molecule has 5 nitrogen and oxygen atoms in total. The second kappa shape index (κ2) is 8.13. The van der Waals surface area contributed by atoms with E-state index in [-0.39, 0.29) is 12.5 Å². The highest BCUT2D eigenvalue weighted by Gasteiger charge is 2.01. The number of hydrogen-bond donors (Lipinski definition) is 3. The maximum absolute atomic E-state index is 11.5. The summed E-state index contributed by atoms with van der Waals surface area (Å²) < 4.78 is 0. The van der Waals surface area contributed by atoms with Gasteiger partial charge in [0.25, 0.3) is 0 Å². The number of nitrogens with one attached hydrogen (secondary N) is 2. The number of carbonyl (C=O) groups excluding carboxylic acids is 1. The van der Waals surface area contributed by atoms with Crippen LogP contribution in [0.4, 0.5) is 4.79 Å². The van der Waals surface area contributed by atoms with Crippen molar-refractivity contribution in [3.8, 4) is 0 Å². The lowest BCUT2D eigenvalue weighted by molar-refractivity contribution is -0.137. The third-order valence-corrected chi connectivity index (χ3v) is 2.64. The average molecular weight is 264 g/mol. The minimum Gasteiger partial charge on any atom is -0.481 e. The van der Waals surface area contributed by atoms with E-state index in [4.69, 9.17) is 5.11 Å². The number of amides is 2. The second-order valence-electron chi connectivity index (χ2n) is 4.45. The minimum atomic E-state index is -0.802. The van der Waals surface area contributed by atoms with Gasteiger partial charge >= 0.3 is 12.0 Å². The van der Waals surface area contributed by atoms with Crippen molar-refractivity contribution >= 4 is 12.0 Å². The van der Waals surface area contributed by atoms with Crippen LogP contribution in [-0.2, 0) is 11.3 Å². The van der Waals surface area contributed by atoms with Crippen molar-refractivity contribution in [2.75, 3.05) is 6.54 Å². The molecule has 5 heteroatoms. The summed E-state index contributed by atoms with van der Waals surface area (Å²) >= 11 is 0. The Morgan fingerprint density at radius 1 is 1.21 bits per heavy atom. The smallest absolute Gasteiger partial charge is 0.315 e. The van der Waals surface area contributed by atoms with Crippen LogP contribution in [0.2, 0.25) is 0 Å². The maximum Gasteiger partial charge on any atom is 0.315 e. The first kappa shape index (κ1) is 15.0. The lowest BCUT2D eigenvalue weighted by Crippen LogP contribution is -2.35. The van der Waals surface area contributed by atoms with Gasteiger partial charge in [-0.05, 0) is 25.3 Å². The van der Waals surface area contributed by atoms with Crippen molar-refractivity contribution in [2.24, 2.45) is 0 Å². The van der Waals surface area contributed by atoms with E-state index < -0.39 is 5.97 Å². The van der Waals surface area contributed by atoms with Crippen molar-refractivity contribution < 1.29 is 14.7 Å². The maximum atomic E-state index is 11.5. The van der Waals surface area contributed by atoms with Crippen LogP contribution in [-0.4, -0.2) is 23.7 Å². The minimum absolute atomic E-state index is 0.145. The van der Waals surface area contributed by atoms with E-state index in [9.17, 15) is 9.59 Å². The summed E-state index contributed by atoms with van der Waals surface area (Å²) in [6.45, 7) is 2.99. The molecular weight excluding hydrogens is 244 g/mol. The van der Waals surface area contributed by atoms with Gasteiger partial charge in [-0.3, -0.25) is 4.79 Å². The van der Waals surface area contributed by atoms with E-state index in [2.05, 4.69) is 10.6 Å². The van der Waals surface area contributed by atoms with Crippen LogP contribution in [0.5, 0.6) is 0 Å². The molecule has 0 heterocycles. The molecule has 0 radical (unpaired) electrons. The molecule has 1 rings (SSSR count). The lowest BCUT2D eigenvalue weighted by Gasteiger charge is -2.07. The largest absolute Gasteiger partial charge is 0.481 e. The third kappa shape index (κ3) is 7.08. The molecule has 0 bridgehead atoms. The van der Waals surface area contributed by atoms with Crippen molar-refractivity contribution in [3.63, 3.8) is 0 Å². The first-order valence-electron chi connectivity index (χ1n) is 6.37. The molecule has 0 unspecified atom stereocenters. The van der Waals surface area contributed by atoms with Crippen LogP contribution in [0.15, 0.2) is 24.3 Å². The highest BCUT2D eigenvalue weighted by Crippen LogP contribution is 2.02. The quantitative estimate of drug-likeness (QED) is 0.659. The summed E-state index contributed by atoms with van der Waals surface area (Å²) in [4.78, 5) is 21.7. The molecule has 0 aromatic heterocycles. The van der Waals surface area contributed by atoms with E-state index in [1.165, 1.54) is 0 Å². The summed E-state index contributed by atoms with van der Waals surface area (Å²) in [5.74, 6) is -0.802. The summed E-state index contributed by atoms with van der Waals surface area (Å²) in [6, 6.07) is 7.71. The highest BCUT2D eigenvalue weighted by molar-refractivity contribution is 5.73. The first-order chi connectivity index (χ1) is 9.08. The van der Waals surface area contributed by atoms with Gasteiger partial charge in [0.1, 0.15) is 0 Å². The van der Waals surface area contributed by atoms with Crippen LogP contribution >= 0.6 is 0 Å². The van der Waals surface area contributed by atoms with Gasteiger partial charge in [-0.15, -0.1) is 0 Å².